The summed E-state index contributed by atoms with van der Waals surface area (Å²) in [4.78, 5) is 0. The lowest BCUT2D eigenvalue weighted by molar-refractivity contribution is 0.500. The minimum absolute atomic E-state index is 0.0774. The highest BCUT2D eigenvalue weighted by molar-refractivity contribution is 7.17. The summed E-state index contributed by atoms with van der Waals surface area (Å²) in [5.41, 5.74) is 1.04. The monoisotopic (exact) mass is 321 g/mol. The summed E-state index contributed by atoms with van der Waals surface area (Å²) in [6.07, 6.45) is 0. The van der Waals surface area contributed by atoms with Crippen molar-refractivity contribution in [2.75, 3.05) is 7.05 Å². The molecule has 0 bridgehead atoms. The summed E-state index contributed by atoms with van der Waals surface area (Å²) in [5.74, 6) is -0.184. The molecule has 0 saturated heterocycles. The van der Waals surface area contributed by atoms with E-state index in [2.05, 4.69) is 28.9 Å². The molecule has 2 rings (SSSR count). The molecule has 0 saturated carbocycles. The van der Waals surface area contributed by atoms with E-state index in [1.807, 2.05) is 20.0 Å². The summed E-state index contributed by atoms with van der Waals surface area (Å²) in [6, 6.07) is 8.39. The maximum absolute atomic E-state index is 6.13. The van der Waals surface area contributed by atoms with Gasteiger partial charge in [-0.1, -0.05) is 40.9 Å². The Balaban J connectivity index is 2.46. The second-order valence-electron chi connectivity index (χ2n) is 4.31. The van der Waals surface area contributed by atoms with E-state index in [4.69, 9.17) is 34.8 Å². The molecule has 2 atom stereocenters. The van der Waals surface area contributed by atoms with Crippen molar-refractivity contribution in [3.05, 3.63) is 35.2 Å². The van der Waals surface area contributed by atoms with Gasteiger partial charge in [0, 0.05) is 16.7 Å². The van der Waals surface area contributed by atoms with Crippen LogP contribution in [0.25, 0.3) is 10.1 Å². The Morgan fingerprint density at radius 2 is 1.94 bits per heavy atom. The molecule has 1 aromatic heterocycles. The number of hydrogen-bond donors (Lipinski definition) is 1. The first-order valence-corrected chi connectivity index (χ1v) is 7.66. The predicted molar refractivity (Wildman–Crippen MR) is 83.4 cm³/mol. The van der Waals surface area contributed by atoms with Crippen molar-refractivity contribution < 1.29 is 0 Å². The SMILES string of the molecule is CNC(C)C(c1ccc2sccc2c1)C(Cl)(Cl)Cl. The van der Waals surface area contributed by atoms with Crippen molar-refractivity contribution in [3.8, 4) is 0 Å². The Bertz CT molecular complexity index is 532. The van der Waals surface area contributed by atoms with E-state index in [1.165, 1.54) is 10.1 Å². The van der Waals surface area contributed by atoms with Gasteiger partial charge in [0.15, 0.2) is 3.79 Å². The van der Waals surface area contributed by atoms with E-state index in [-0.39, 0.29) is 12.0 Å². The second kappa shape index (κ2) is 5.56. The van der Waals surface area contributed by atoms with Crippen LogP contribution in [0.4, 0.5) is 0 Å². The Morgan fingerprint density at radius 3 is 2.56 bits per heavy atom. The molecular weight excluding hydrogens is 309 g/mol. The van der Waals surface area contributed by atoms with Crippen LogP contribution >= 0.6 is 46.1 Å². The van der Waals surface area contributed by atoms with Gasteiger partial charge < -0.3 is 5.32 Å². The van der Waals surface area contributed by atoms with Crippen molar-refractivity contribution in [2.24, 2.45) is 0 Å². The number of thiophene rings is 1. The second-order valence-corrected chi connectivity index (χ2v) is 7.63. The van der Waals surface area contributed by atoms with Crippen LogP contribution in [-0.4, -0.2) is 16.9 Å². The lowest BCUT2D eigenvalue weighted by atomic mass is 9.93. The molecule has 5 heteroatoms. The normalized spacial score (nSPS) is 15.8. The maximum atomic E-state index is 6.13. The van der Waals surface area contributed by atoms with Crippen molar-refractivity contribution in [3.63, 3.8) is 0 Å². The third-order valence-electron chi connectivity index (χ3n) is 3.14. The van der Waals surface area contributed by atoms with Crippen molar-refractivity contribution in [2.45, 2.75) is 22.7 Å². The zero-order valence-corrected chi connectivity index (χ0v) is 13.2. The summed E-state index contributed by atoms with van der Waals surface area (Å²) in [7, 11) is 1.87. The third kappa shape index (κ3) is 2.94. The molecule has 1 nitrogen and oxygen atoms in total. The lowest BCUT2D eigenvalue weighted by Crippen LogP contribution is -2.36. The van der Waals surface area contributed by atoms with Crippen LogP contribution in [0.2, 0.25) is 0 Å². The largest absolute Gasteiger partial charge is 0.317 e. The van der Waals surface area contributed by atoms with E-state index in [0.717, 1.165) is 5.56 Å². The first-order chi connectivity index (χ1) is 8.43. The average molecular weight is 323 g/mol. The molecule has 0 radical (unpaired) electrons. The summed E-state index contributed by atoms with van der Waals surface area (Å²) < 4.78 is -0.0782. The Labute approximate surface area is 126 Å². The zero-order valence-electron chi connectivity index (χ0n) is 10.1. The van der Waals surface area contributed by atoms with Gasteiger partial charge in [0.1, 0.15) is 0 Å². The molecule has 0 spiro atoms. The molecule has 1 N–H and O–H groups in total. The summed E-state index contributed by atoms with van der Waals surface area (Å²) in [5, 5.41) is 6.43. The highest BCUT2D eigenvalue weighted by Gasteiger charge is 2.37. The van der Waals surface area contributed by atoms with E-state index in [1.54, 1.807) is 11.3 Å². The molecule has 1 aromatic carbocycles. The number of halogens is 3. The fourth-order valence-electron chi connectivity index (χ4n) is 2.11. The van der Waals surface area contributed by atoms with E-state index >= 15 is 0 Å². The topological polar surface area (TPSA) is 12.0 Å². The number of nitrogens with one attached hydrogen (secondary N) is 1. The minimum Gasteiger partial charge on any atom is -0.317 e. The fraction of sp³-hybridized carbons (Fsp3) is 0.385. The third-order valence-corrected chi connectivity index (χ3v) is 4.75. The Hall–Kier alpha value is 0.01000. The molecule has 0 aliphatic carbocycles. The number of hydrogen-bond acceptors (Lipinski definition) is 2. The molecular formula is C13H14Cl3NS. The number of benzene rings is 1. The Kier molecular flexibility index (Phi) is 4.45. The highest BCUT2D eigenvalue weighted by atomic mass is 35.6. The smallest absolute Gasteiger partial charge is 0.198 e. The lowest BCUT2D eigenvalue weighted by Gasteiger charge is -2.30. The fourth-order valence-corrected chi connectivity index (χ4v) is 3.82. The minimum atomic E-state index is -1.33. The molecule has 0 aliphatic rings. The van der Waals surface area contributed by atoms with Crippen LogP contribution in [0.3, 0.4) is 0 Å². The summed E-state index contributed by atoms with van der Waals surface area (Å²) >= 11 is 20.1. The number of alkyl halides is 3. The first-order valence-electron chi connectivity index (χ1n) is 5.64. The van der Waals surface area contributed by atoms with Gasteiger partial charge in [-0.25, -0.2) is 0 Å². The molecule has 0 amide bonds. The van der Waals surface area contributed by atoms with Gasteiger partial charge in [0.2, 0.25) is 0 Å². The molecule has 0 aliphatic heterocycles. The predicted octanol–water partition coefficient (Wildman–Crippen LogP) is 4.96. The van der Waals surface area contributed by atoms with Crippen LogP contribution in [0.1, 0.15) is 18.4 Å². The van der Waals surface area contributed by atoms with E-state index < -0.39 is 3.79 Å². The van der Waals surface area contributed by atoms with Crippen molar-refractivity contribution in [1.29, 1.82) is 0 Å². The van der Waals surface area contributed by atoms with Gasteiger partial charge in [-0.15, -0.1) is 11.3 Å². The number of likely N-dealkylation sites (N-methyl/N-ethyl adjacent to an activating group) is 1. The van der Waals surface area contributed by atoms with Crippen LogP contribution in [0, 0.1) is 0 Å². The van der Waals surface area contributed by atoms with Crippen molar-refractivity contribution >= 4 is 56.2 Å². The van der Waals surface area contributed by atoms with E-state index in [9.17, 15) is 0 Å². The Morgan fingerprint density at radius 1 is 1.22 bits per heavy atom. The number of fused-ring (bicyclic) bond motifs is 1. The zero-order chi connectivity index (χ0) is 13.3. The maximum Gasteiger partial charge on any atom is 0.198 e. The van der Waals surface area contributed by atoms with Gasteiger partial charge >= 0.3 is 0 Å². The molecule has 2 aromatic rings. The van der Waals surface area contributed by atoms with Crippen LogP contribution in [-0.2, 0) is 0 Å². The van der Waals surface area contributed by atoms with Crippen LogP contribution in [0.15, 0.2) is 29.6 Å². The standard InChI is InChI=1S/C13H14Cl3NS/c1-8(17-2)12(13(14,15)16)10-3-4-11-9(7-10)5-6-18-11/h3-8,12,17H,1-2H3. The summed E-state index contributed by atoms with van der Waals surface area (Å²) in [6.45, 7) is 2.02. The number of rotatable bonds is 3. The van der Waals surface area contributed by atoms with E-state index in [0.29, 0.717) is 0 Å². The molecule has 0 fully saturated rings. The van der Waals surface area contributed by atoms with Gasteiger partial charge in [-0.3, -0.25) is 0 Å². The molecule has 18 heavy (non-hydrogen) atoms. The van der Waals surface area contributed by atoms with Crippen molar-refractivity contribution in [1.82, 2.24) is 5.32 Å². The van der Waals surface area contributed by atoms with Gasteiger partial charge in [-0.05, 0) is 48.5 Å². The van der Waals surface area contributed by atoms with Gasteiger partial charge in [0.25, 0.3) is 0 Å². The molecule has 98 valence electrons. The van der Waals surface area contributed by atoms with Gasteiger partial charge in [-0.2, -0.15) is 0 Å². The quantitative estimate of drug-likeness (QED) is 0.787. The highest BCUT2D eigenvalue weighted by Crippen LogP contribution is 2.44. The van der Waals surface area contributed by atoms with Gasteiger partial charge in [0.05, 0.1) is 0 Å². The van der Waals surface area contributed by atoms with Crippen LogP contribution in [0.5, 0.6) is 0 Å². The average Bonchev–Trinajstić information content (AvgIpc) is 2.74. The van der Waals surface area contributed by atoms with Crippen LogP contribution < -0.4 is 5.32 Å². The molecule has 1 heterocycles. The molecule has 2 unspecified atom stereocenters. The first kappa shape index (κ1) is 14.4.